The molecule has 4 aromatic rings. The van der Waals surface area contributed by atoms with Gasteiger partial charge in [-0.15, -0.1) is 0 Å². The first kappa shape index (κ1) is 28.6. The molecule has 9 nitrogen and oxygen atoms in total. The van der Waals surface area contributed by atoms with Crippen molar-refractivity contribution in [3.05, 3.63) is 66.2 Å². The second-order valence-corrected chi connectivity index (χ2v) is 11.9. The average molecular weight is 570 g/mol. The van der Waals surface area contributed by atoms with Crippen LogP contribution >= 0.6 is 0 Å². The summed E-state index contributed by atoms with van der Waals surface area (Å²) >= 11 is 0. The van der Waals surface area contributed by atoms with Gasteiger partial charge >= 0.3 is 0 Å². The Hall–Kier alpha value is -3.53. The first-order chi connectivity index (χ1) is 20.4. The fourth-order valence-electron chi connectivity index (χ4n) is 5.99. The lowest BCUT2D eigenvalue weighted by Crippen LogP contribution is -2.41. The summed E-state index contributed by atoms with van der Waals surface area (Å²) in [5, 5.41) is 10.4. The molecule has 9 heteroatoms. The number of anilines is 1. The van der Waals surface area contributed by atoms with Crippen molar-refractivity contribution in [1.29, 1.82) is 0 Å². The number of ether oxygens (including phenoxy) is 2. The number of fused-ring (bicyclic) bond motifs is 1. The van der Waals surface area contributed by atoms with Gasteiger partial charge in [0.25, 0.3) is 0 Å². The molecule has 0 saturated carbocycles. The maximum atomic E-state index is 6.30. The molecular formula is C33H43N7O2. The van der Waals surface area contributed by atoms with Crippen molar-refractivity contribution in [2.75, 3.05) is 44.7 Å². The van der Waals surface area contributed by atoms with Gasteiger partial charge in [-0.25, -0.2) is 9.97 Å². The first-order valence-corrected chi connectivity index (χ1v) is 15.3. The molecule has 2 saturated heterocycles. The Morgan fingerprint density at radius 1 is 0.952 bits per heavy atom. The van der Waals surface area contributed by atoms with Crippen LogP contribution in [0.4, 0.5) is 5.82 Å². The molecule has 1 N–H and O–H groups in total. The molecule has 222 valence electrons. The number of rotatable bonds is 9. The molecule has 3 aromatic heterocycles. The van der Waals surface area contributed by atoms with Crippen LogP contribution in [0.3, 0.4) is 0 Å². The number of hydrogen-bond acceptors (Lipinski definition) is 8. The fraction of sp³-hybridized carbons (Fsp3) is 0.485. The highest BCUT2D eigenvalue weighted by Gasteiger charge is 2.23. The molecule has 2 fully saturated rings. The summed E-state index contributed by atoms with van der Waals surface area (Å²) in [6.07, 6.45) is 8.06. The van der Waals surface area contributed by atoms with E-state index in [2.05, 4.69) is 76.3 Å². The molecule has 1 unspecified atom stereocenters. The molecule has 0 spiro atoms. The van der Waals surface area contributed by atoms with Gasteiger partial charge in [-0.05, 0) is 68.3 Å². The second-order valence-electron chi connectivity index (χ2n) is 11.9. The first-order valence-electron chi connectivity index (χ1n) is 15.3. The Balaban J connectivity index is 1.15. The minimum Gasteiger partial charge on any atom is -0.474 e. The van der Waals surface area contributed by atoms with E-state index in [0.29, 0.717) is 11.9 Å². The molecule has 0 aliphatic carbocycles. The third-order valence-corrected chi connectivity index (χ3v) is 8.69. The van der Waals surface area contributed by atoms with E-state index in [1.807, 2.05) is 36.4 Å². The van der Waals surface area contributed by atoms with Gasteiger partial charge in [0.15, 0.2) is 0 Å². The number of likely N-dealkylation sites (tertiary alicyclic amines) is 1. The number of nitrogens with one attached hydrogen (secondary N) is 1. The molecular weight excluding hydrogens is 526 g/mol. The van der Waals surface area contributed by atoms with Gasteiger partial charge in [-0.1, -0.05) is 12.1 Å². The van der Waals surface area contributed by atoms with E-state index in [0.717, 1.165) is 80.9 Å². The lowest BCUT2D eigenvalue weighted by atomic mass is 10.0. The second kappa shape index (κ2) is 12.8. The number of piperidine rings is 1. The van der Waals surface area contributed by atoms with Gasteiger partial charge in [-0.3, -0.25) is 9.58 Å². The van der Waals surface area contributed by atoms with E-state index >= 15 is 0 Å². The van der Waals surface area contributed by atoms with Gasteiger partial charge < -0.3 is 19.7 Å². The van der Waals surface area contributed by atoms with Crippen molar-refractivity contribution < 1.29 is 9.47 Å². The Labute approximate surface area is 248 Å². The highest BCUT2D eigenvalue weighted by molar-refractivity contribution is 5.88. The smallest absolute Gasteiger partial charge is 0.213 e. The number of benzene rings is 1. The maximum absolute atomic E-state index is 6.30. The molecule has 6 rings (SSSR count). The van der Waals surface area contributed by atoms with Crippen molar-refractivity contribution in [2.24, 2.45) is 7.05 Å². The van der Waals surface area contributed by atoms with Gasteiger partial charge in [-0.2, -0.15) is 5.10 Å². The Morgan fingerprint density at radius 3 is 2.55 bits per heavy atom. The normalized spacial score (nSPS) is 18.0. The minimum atomic E-state index is 0.0460. The van der Waals surface area contributed by atoms with Crippen molar-refractivity contribution in [3.63, 3.8) is 0 Å². The zero-order valence-corrected chi connectivity index (χ0v) is 25.3. The van der Waals surface area contributed by atoms with Crippen molar-refractivity contribution in [3.8, 4) is 17.0 Å². The number of morpholine rings is 1. The predicted octanol–water partition coefficient (Wildman–Crippen LogP) is 5.29. The Morgan fingerprint density at radius 2 is 1.76 bits per heavy atom. The summed E-state index contributed by atoms with van der Waals surface area (Å²) in [5.41, 5.74) is 4.68. The number of nitrogens with zero attached hydrogens (tertiary/aromatic N) is 6. The lowest BCUT2D eigenvalue weighted by Gasteiger charge is -2.34. The van der Waals surface area contributed by atoms with Gasteiger partial charge in [0.1, 0.15) is 11.9 Å². The van der Waals surface area contributed by atoms with Crippen molar-refractivity contribution >= 4 is 16.6 Å². The summed E-state index contributed by atoms with van der Waals surface area (Å²) in [4.78, 5) is 14.2. The van der Waals surface area contributed by atoms with E-state index < -0.39 is 0 Å². The van der Waals surface area contributed by atoms with Crippen LogP contribution in [0.15, 0.2) is 55.0 Å². The molecule has 0 bridgehead atoms. The molecule has 0 amide bonds. The molecule has 5 heterocycles. The van der Waals surface area contributed by atoms with E-state index in [1.54, 1.807) is 0 Å². The van der Waals surface area contributed by atoms with Crippen LogP contribution in [-0.2, 0) is 18.3 Å². The highest BCUT2D eigenvalue weighted by atomic mass is 16.5. The molecule has 1 aromatic carbocycles. The van der Waals surface area contributed by atoms with Crippen LogP contribution in [0.25, 0.3) is 21.9 Å². The summed E-state index contributed by atoms with van der Waals surface area (Å²) in [6.45, 7) is 13.2. The number of pyridine rings is 2. The van der Waals surface area contributed by atoms with E-state index in [-0.39, 0.29) is 12.1 Å². The minimum absolute atomic E-state index is 0.0460. The van der Waals surface area contributed by atoms with Gasteiger partial charge in [0, 0.05) is 75.2 Å². The maximum Gasteiger partial charge on any atom is 0.213 e. The molecule has 2 aliphatic rings. The van der Waals surface area contributed by atoms with Crippen LogP contribution < -0.4 is 10.1 Å². The summed E-state index contributed by atoms with van der Waals surface area (Å²) in [6, 6.07) is 13.4. The molecule has 1 atom stereocenters. The quantitative estimate of drug-likeness (QED) is 0.291. The SMILES string of the molecule is CC(Nc1cc2cc(-c3cnn(C)c3CN3CCOCC3)ccc2cn1)c1ccnc(OC2CCN(C(C)C)CC2)c1. The van der Waals surface area contributed by atoms with Crippen LogP contribution in [0, 0.1) is 0 Å². The van der Waals surface area contributed by atoms with Crippen LogP contribution in [0.1, 0.15) is 50.9 Å². The van der Waals surface area contributed by atoms with Crippen molar-refractivity contribution in [1.82, 2.24) is 29.5 Å². The van der Waals surface area contributed by atoms with E-state index in [1.165, 1.54) is 16.8 Å². The fourth-order valence-corrected chi connectivity index (χ4v) is 5.99. The summed E-state index contributed by atoms with van der Waals surface area (Å²) in [7, 11) is 2.03. The van der Waals surface area contributed by atoms with Crippen molar-refractivity contribution in [2.45, 2.75) is 58.3 Å². The van der Waals surface area contributed by atoms with Crippen LogP contribution in [-0.4, -0.2) is 81.1 Å². The monoisotopic (exact) mass is 569 g/mol. The lowest BCUT2D eigenvalue weighted by molar-refractivity contribution is 0.0332. The topological polar surface area (TPSA) is 80.6 Å². The Kier molecular flexibility index (Phi) is 8.69. The predicted molar refractivity (Wildman–Crippen MR) is 167 cm³/mol. The third-order valence-electron chi connectivity index (χ3n) is 8.69. The third kappa shape index (κ3) is 6.59. The van der Waals surface area contributed by atoms with E-state index in [9.17, 15) is 0 Å². The largest absolute Gasteiger partial charge is 0.474 e. The van der Waals surface area contributed by atoms with Gasteiger partial charge in [0.2, 0.25) is 5.88 Å². The highest BCUT2D eigenvalue weighted by Crippen LogP contribution is 2.30. The zero-order chi connectivity index (χ0) is 29.1. The Bertz CT molecular complexity index is 1490. The standard InChI is InChI=1S/C33H43N7O2/c1-23(2)40-11-8-29(9-12-40)42-33-19-25(7-10-34-33)24(3)37-32-18-28-17-26(5-6-27(28)20-35-32)30-21-36-38(4)31(30)22-39-13-15-41-16-14-39/h5-7,10,17-21,23-24,29H,8-9,11-16,22H2,1-4H3,(H,35,37). The summed E-state index contributed by atoms with van der Waals surface area (Å²) < 4.78 is 13.8. The van der Waals surface area contributed by atoms with E-state index in [4.69, 9.17) is 14.5 Å². The summed E-state index contributed by atoms with van der Waals surface area (Å²) in [5.74, 6) is 1.54. The molecule has 0 radical (unpaired) electrons. The number of hydrogen-bond donors (Lipinski definition) is 1. The van der Waals surface area contributed by atoms with Crippen LogP contribution in [0.2, 0.25) is 0 Å². The molecule has 2 aliphatic heterocycles. The zero-order valence-electron chi connectivity index (χ0n) is 25.3. The van der Waals surface area contributed by atoms with Gasteiger partial charge in [0.05, 0.1) is 31.1 Å². The van der Waals surface area contributed by atoms with Crippen LogP contribution in [0.5, 0.6) is 5.88 Å². The molecule has 42 heavy (non-hydrogen) atoms. The number of aryl methyl sites for hydroxylation is 1. The number of aromatic nitrogens is 4. The average Bonchev–Trinajstić information content (AvgIpc) is 3.37.